The van der Waals surface area contributed by atoms with Crippen molar-refractivity contribution < 1.29 is 14.3 Å². The molecule has 0 bridgehead atoms. The molecule has 60 valence electrons. The molecule has 1 atom stereocenters. The third kappa shape index (κ3) is 4.32. The molecule has 0 saturated heterocycles. The summed E-state index contributed by atoms with van der Waals surface area (Å²) in [5.41, 5.74) is 0. The maximum absolute atomic E-state index is 10.6. The summed E-state index contributed by atoms with van der Waals surface area (Å²) in [7, 11) is 1.58. The lowest BCUT2D eigenvalue weighted by atomic mass is 10.4. The molecule has 0 radical (unpaired) electrons. The summed E-state index contributed by atoms with van der Waals surface area (Å²) >= 11 is 0. The Morgan fingerprint density at radius 3 is 2.60 bits per heavy atom. The molecule has 10 heavy (non-hydrogen) atoms. The summed E-state index contributed by atoms with van der Waals surface area (Å²) in [5.74, 6) is -0.176. The first-order chi connectivity index (χ1) is 4.70. The van der Waals surface area contributed by atoms with Gasteiger partial charge in [0.25, 0.3) is 0 Å². The van der Waals surface area contributed by atoms with E-state index in [4.69, 9.17) is 9.47 Å². The zero-order valence-corrected chi connectivity index (χ0v) is 6.72. The lowest BCUT2D eigenvalue weighted by Gasteiger charge is -2.10. The van der Waals surface area contributed by atoms with Gasteiger partial charge in [0.2, 0.25) is 0 Å². The van der Waals surface area contributed by atoms with Crippen LogP contribution in [-0.2, 0) is 14.3 Å². The van der Waals surface area contributed by atoms with Crippen LogP contribution in [0.3, 0.4) is 0 Å². The molecule has 0 N–H and O–H groups in total. The topological polar surface area (TPSA) is 35.5 Å². The average molecular weight is 146 g/mol. The summed E-state index contributed by atoms with van der Waals surface area (Å²) in [6.07, 6.45) is 0.297. The second-order valence-corrected chi connectivity index (χ2v) is 2.11. The van der Waals surface area contributed by atoms with E-state index in [1.165, 1.54) is 0 Å². The molecular weight excluding hydrogens is 132 g/mol. The zero-order valence-electron chi connectivity index (χ0n) is 6.72. The van der Waals surface area contributed by atoms with Gasteiger partial charge in [0, 0.05) is 13.5 Å². The molecule has 0 heterocycles. The second-order valence-electron chi connectivity index (χ2n) is 2.11. The van der Waals surface area contributed by atoms with E-state index in [9.17, 15) is 4.79 Å². The van der Waals surface area contributed by atoms with Crippen molar-refractivity contribution in [2.45, 2.75) is 26.4 Å². The van der Waals surface area contributed by atoms with Crippen molar-refractivity contribution in [3.05, 3.63) is 0 Å². The fourth-order valence-corrected chi connectivity index (χ4v) is 0.576. The number of hydrogen-bond donors (Lipinski definition) is 0. The van der Waals surface area contributed by atoms with Crippen LogP contribution in [0.4, 0.5) is 0 Å². The van der Waals surface area contributed by atoms with Gasteiger partial charge in [-0.1, -0.05) is 6.92 Å². The third-order valence-corrected chi connectivity index (χ3v) is 1.02. The highest BCUT2D eigenvalue weighted by Gasteiger charge is 2.05. The number of ether oxygens (including phenoxy) is 2. The quantitative estimate of drug-likeness (QED) is 0.554. The van der Waals surface area contributed by atoms with Gasteiger partial charge in [0.05, 0.1) is 6.61 Å². The minimum absolute atomic E-state index is 0.127. The fraction of sp³-hybridized carbons (Fsp3) is 0.857. The normalized spacial score (nSPS) is 12.7. The van der Waals surface area contributed by atoms with E-state index >= 15 is 0 Å². The standard InChI is InChI=1S/C7H14O3/c1-4-7(8)10-6(2)5-9-3/h6H,4-5H2,1-3H3/t6-/m1/s1. The lowest BCUT2D eigenvalue weighted by Crippen LogP contribution is -2.18. The molecule has 3 heteroatoms. The molecule has 0 aliphatic heterocycles. The third-order valence-electron chi connectivity index (χ3n) is 1.02. The number of esters is 1. The van der Waals surface area contributed by atoms with Crippen LogP contribution in [0.5, 0.6) is 0 Å². The number of carbonyl (C=O) groups is 1. The molecule has 0 saturated carbocycles. The van der Waals surface area contributed by atoms with Crippen molar-refractivity contribution in [1.29, 1.82) is 0 Å². The Morgan fingerprint density at radius 2 is 2.20 bits per heavy atom. The van der Waals surface area contributed by atoms with Crippen LogP contribution in [-0.4, -0.2) is 25.8 Å². The Labute approximate surface area is 61.3 Å². The molecular formula is C7H14O3. The van der Waals surface area contributed by atoms with Crippen molar-refractivity contribution in [1.82, 2.24) is 0 Å². The van der Waals surface area contributed by atoms with Gasteiger partial charge in [-0.05, 0) is 6.92 Å². The van der Waals surface area contributed by atoms with E-state index < -0.39 is 0 Å². The van der Waals surface area contributed by atoms with Crippen molar-refractivity contribution >= 4 is 5.97 Å². The number of carbonyl (C=O) groups excluding carboxylic acids is 1. The van der Waals surface area contributed by atoms with Crippen LogP contribution in [0.15, 0.2) is 0 Å². The predicted octanol–water partition coefficient (Wildman–Crippen LogP) is 0.974. The van der Waals surface area contributed by atoms with E-state index in [1.54, 1.807) is 21.0 Å². The monoisotopic (exact) mass is 146 g/mol. The maximum Gasteiger partial charge on any atom is 0.305 e. The largest absolute Gasteiger partial charge is 0.460 e. The maximum atomic E-state index is 10.6. The fourth-order valence-electron chi connectivity index (χ4n) is 0.576. The zero-order chi connectivity index (χ0) is 7.98. The lowest BCUT2D eigenvalue weighted by molar-refractivity contribution is -0.150. The first-order valence-electron chi connectivity index (χ1n) is 3.39. The number of rotatable bonds is 4. The molecule has 0 aromatic carbocycles. The van der Waals surface area contributed by atoms with Crippen molar-refractivity contribution in [2.24, 2.45) is 0 Å². The van der Waals surface area contributed by atoms with Gasteiger partial charge in [-0.2, -0.15) is 0 Å². The average Bonchev–Trinajstić information content (AvgIpc) is 1.88. The summed E-state index contributed by atoms with van der Waals surface area (Å²) in [5, 5.41) is 0. The van der Waals surface area contributed by atoms with Crippen molar-refractivity contribution in [3.8, 4) is 0 Å². The highest BCUT2D eigenvalue weighted by Crippen LogP contribution is 1.93. The van der Waals surface area contributed by atoms with E-state index in [2.05, 4.69) is 0 Å². The van der Waals surface area contributed by atoms with Crippen molar-refractivity contribution in [3.63, 3.8) is 0 Å². The first-order valence-corrected chi connectivity index (χ1v) is 3.39. The summed E-state index contributed by atoms with van der Waals surface area (Å²) in [6, 6.07) is 0. The summed E-state index contributed by atoms with van der Waals surface area (Å²) in [6.45, 7) is 4.03. The van der Waals surface area contributed by atoms with Gasteiger partial charge in [-0.3, -0.25) is 4.79 Å². The molecule has 3 nitrogen and oxygen atoms in total. The molecule has 0 aromatic heterocycles. The minimum atomic E-state index is -0.176. The Balaban J connectivity index is 3.37. The van der Waals surface area contributed by atoms with Gasteiger partial charge in [0.1, 0.15) is 6.10 Å². The van der Waals surface area contributed by atoms with Gasteiger partial charge < -0.3 is 9.47 Å². The molecule has 0 amide bonds. The van der Waals surface area contributed by atoms with E-state index in [0.717, 1.165) is 0 Å². The molecule has 0 aliphatic carbocycles. The minimum Gasteiger partial charge on any atom is -0.460 e. The molecule has 0 rings (SSSR count). The Morgan fingerprint density at radius 1 is 1.60 bits per heavy atom. The smallest absolute Gasteiger partial charge is 0.305 e. The molecule has 0 aromatic rings. The van der Waals surface area contributed by atoms with E-state index in [0.29, 0.717) is 13.0 Å². The van der Waals surface area contributed by atoms with Crippen LogP contribution in [0, 0.1) is 0 Å². The Kier molecular flexibility index (Phi) is 4.94. The van der Waals surface area contributed by atoms with Gasteiger partial charge >= 0.3 is 5.97 Å². The van der Waals surface area contributed by atoms with Gasteiger partial charge in [-0.25, -0.2) is 0 Å². The first kappa shape index (κ1) is 9.43. The Hall–Kier alpha value is -0.570. The number of methoxy groups -OCH3 is 1. The summed E-state index contributed by atoms with van der Waals surface area (Å²) < 4.78 is 9.65. The highest BCUT2D eigenvalue weighted by atomic mass is 16.6. The van der Waals surface area contributed by atoms with Crippen LogP contribution >= 0.6 is 0 Å². The van der Waals surface area contributed by atoms with Crippen LogP contribution in [0.1, 0.15) is 20.3 Å². The molecule has 0 unspecified atom stereocenters. The summed E-state index contributed by atoms with van der Waals surface area (Å²) in [4.78, 5) is 10.6. The van der Waals surface area contributed by atoms with Gasteiger partial charge in [-0.15, -0.1) is 0 Å². The molecule has 0 fully saturated rings. The SMILES string of the molecule is CCC(=O)O[C@H](C)COC. The van der Waals surface area contributed by atoms with Crippen LogP contribution in [0.2, 0.25) is 0 Å². The van der Waals surface area contributed by atoms with Gasteiger partial charge in [0.15, 0.2) is 0 Å². The second kappa shape index (κ2) is 5.23. The highest BCUT2D eigenvalue weighted by molar-refractivity contribution is 5.69. The number of hydrogen-bond acceptors (Lipinski definition) is 3. The van der Waals surface area contributed by atoms with E-state index in [-0.39, 0.29) is 12.1 Å². The van der Waals surface area contributed by atoms with Crippen LogP contribution in [0.25, 0.3) is 0 Å². The molecule has 0 aliphatic rings. The molecule has 0 spiro atoms. The van der Waals surface area contributed by atoms with E-state index in [1.807, 2.05) is 0 Å². The van der Waals surface area contributed by atoms with Crippen molar-refractivity contribution in [2.75, 3.05) is 13.7 Å². The predicted molar refractivity (Wildman–Crippen MR) is 37.7 cm³/mol. The Bertz CT molecular complexity index is 101. The van der Waals surface area contributed by atoms with Crippen LogP contribution < -0.4 is 0 Å².